The summed E-state index contributed by atoms with van der Waals surface area (Å²) in [4.78, 5) is 2.41. The molecule has 0 spiro atoms. The van der Waals surface area contributed by atoms with Gasteiger partial charge in [0.05, 0.1) is 18.4 Å². The molecule has 0 aliphatic carbocycles. The van der Waals surface area contributed by atoms with Gasteiger partial charge in [0.15, 0.2) is 0 Å². The van der Waals surface area contributed by atoms with Crippen LogP contribution in [0.2, 0.25) is 0 Å². The van der Waals surface area contributed by atoms with E-state index in [1.807, 2.05) is 10.9 Å². The zero-order valence-corrected chi connectivity index (χ0v) is 9.11. The smallest absolute Gasteiger partial charge is 0.0719 e. The van der Waals surface area contributed by atoms with Crippen LogP contribution in [0.1, 0.15) is 20.3 Å². The lowest BCUT2D eigenvalue weighted by Crippen LogP contribution is -2.28. The second-order valence-electron chi connectivity index (χ2n) is 3.47. The fraction of sp³-hybridized carbons (Fsp3) is 0.700. The molecule has 0 bridgehead atoms. The van der Waals surface area contributed by atoms with Gasteiger partial charge in [-0.2, -0.15) is 5.10 Å². The highest BCUT2D eigenvalue weighted by Crippen LogP contribution is 1.98. The van der Waals surface area contributed by atoms with Gasteiger partial charge in [-0.05, 0) is 19.5 Å². The highest BCUT2D eigenvalue weighted by atomic mass is 15.3. The lowest BCUT2D eigenvalue weighted by molar-refractivity contribution is 0.272. The first-order valence-corrected chi connectivity index (χ1v) is 5.26. The van der Waals surface area contributed by atoms with Crippen molar-refractivity contribution in [3.63, 3.8) is 0 Å². The Balaban J connectivity index is 2.31. The predicted molar refractivity (Wildman–Crippen MR) is 59.0 cm³/mol. The van der Waals surface area contributed by atoms with Crippen LogP contribution in [0.5, 0.6) is 0 Å². The van der Waals surface area contributed by atoms with Crippen molar-refractivity contribution in [3.05, 3.63) is 12.4 Å². The minimum absolute atomic E-state index is 0.739. The number of hydrogen-bond donors (Lipinski definition) is 1. The molecule has 80 valence electrons. The van der Waals surface area contributed by atoms with E-state index in [4.69, 9.17) is 5.73 Å². The number of rotatable bonds is 6. The van der Waals surface area contributed by atoms with E-state index in [0.717, 1.165) is 31.9 Å². The maximum Gasteiger partial charge on any atom is 0.0719 e. The number of nitrogens with zero attached hydrogens (tertiary/aromatic N) is 3. The molecule has 4 nitrogen and oxygen atoms in total. The summed E-state index contributed by atoms with van der Waals surface area (Å²) in [5.74, 6) is 0. The van der Waals surface area contributed by atoms with Gasteiger partial charge in [0.1, 0.15) is 0 Å². The van der Waals surface area contributed by atoms with Crippen molar-refractivity contribution >= 4 is 5.69 Å². The van der Waals surface area contributed by atoms with E-state index in [9.17, 15) is 0 Å². The second kappa shape index (κ2) is 5.65. The Labute approximate surface area is 85.7 Å². The number of aromatic nitrogens is 2. The van der Waals surface area contributed by atoms with Gasteiger partial charge in [-0.3, -0.25) is 4.68 Å². The molecule has 0 saturated carbocycles. The van der Waals surface area contributed by atoms with Crippen LogP contribution in [0.25, 0.3) is 0 Å². The fourth-order valence-electron chi connectivity index (χ4n) is 1.49. The summed E-state index contributed by atoms with van der Waals surface area (Å²) in [6.07, 6.45) is 4.77. The first kappa shape index (κ1) is 11.0. The number of likely N-dealkylation sites (N-methyl/N-ethyl adjacent to an activating group) is 1. The van der Waals surface area contributed by atoms with Crippen molar-refractivity contribution in [1.82, 2.24) is 14.7 Å². The molecule has 0 saturated heterocycles. The number of nitrogens with two attached hydrogens (primary N) is 1. The van der Waals surface area contributed by atoms with Gasteiger partial charge in [-0.25, -0.2) is 0 Å². The van der Waals surface area contributed by atoms with Crippen LogP contribution in [-0.2, 0) is 6.54 Å². The van der Waals surface area contributed by atoms with Crippen molar-refractivity contribution < 1.29 is 0 Å². The van der Waals surface area contributed by atoms with Gasteiger partial charge < -0.3 is 10.6 Å². The summed E-state index contributed by atoms with van der Waals surface area (Å²) in [5.41, 5.74) is 6.32. The van der Waals surface area contributed by atoms with Crippen molar-refractivity contribution in [1.29, 1.82) is 0 Å². The lowest BCUT2D eigenvalue weighted by atomic mass is 10.4. The molecule has 0 aromatic carbocycles. The van der Waals surface area contributed by atoms with Gasteiger partial charge in [0.25, 0.3) is 0 Å². The average molecular weight is 196 g/mol. The van der Waals surface area contributed by atoms with E-state index >= 15 is 0 Å². The van der Waals surface area contributed by atoms with Gasteiger partial charge in [-0.15, -0.1) is 0 Å². The van der Waals surface area contributed by atoms with E-state index < -0.39 is 0 Å². The molecule has 1 heterocycles. The minimum Gasteiger partial charge on any atom is -0.396 e. The Kier molecular flexibility index (Phi) is 4.46. The zero-order chi connectivity index (χ0) is 10.4. The molecule has 1 rings (SSSR count). The van der Waals surface area contributed by atoms with Crippen LogP contribution < -0.4 is 5.73 Å². The Bertz CT molecular complexity index is 256. The standard InChI is InChI=1S/C10H20N4/c1-3-5-13(4-2)6-7-14-9-10(11)8-12-14/h8-9H,3-7,11H2,1-2H3. The topological polar surface area (TPSA) is 47.1 Å². The van der Waals surface area contributed by atoms with E-state index in [2.05, 4.69) is 23.8 Å². The molecule has 1 aromatic heterocycles. The molecule has 14 heavy (non-hydrogen) atoms. The Morgan fingerprint density at radius 2 is 2.21 bits per heavy atom. The molecule has 1 aromatic rings. The molecule has 0 aliphatic rings. The summed E-state index contributed by atoms with van der Waals surface area (Å²) in [5, 5.41) is 4.15. The number of nitrogen functional groups attached to an aromatic ring is 1. The van der Waals surface area contributed by atoms with Gasteiger partial charge >= 0.3 is 0 Å². The predicted octanol–water partition coefficient (Wildman–Crippen LogP) is 1.20. The summed E-state index contributed by atoms with van der Waals surface area (Å²) in [7, 11) is 0. The minimum atomic E-state index is 0.739. The first-order valence-electron chi connectivity index (χ1n) is 5.26. The van der Waals surface area contributed by atoms with Gasteiger partial charge in [-0.1, -0.05) is 13.8 Å². The maximum absolute atomic E-state index is 5.58. The van der Waals surface area contributed by atoms with Crippen molar-refractivity contribution in [3.8, 4) is 0 Å². The average Bonchev–Trinajstić information content (AvgIpc) is 2.59. The monoisotopic (exact) mass is 196 g/mol. The molecule has 4 heteroatoms. The second-order valence-corrected chi connectivity index (χ2v) is 3.47. The van der Waals surface area contributed by atoms with Crippen LogP contribution in [0.3, 0.4) is 0 Å². The highest BCUT2D eigenvalue weighted by Gasteiger charge is 2.01. The van der Waals surface area contributed by atoms with Crippen LogP contribution in [0, 0.1) is 0 Å². The largest absolute Gasteiger partial charge is 0.396 e. The van der Waals surface area contributed by atoms with Crippen molar-refractivity contribution in [2.75, 3.05) is 25.4 Å². The van der Waals surface area contributed by atoms with Crippen LogP contribution >= 0.6 is 0 Å². The van der Waals surface area contributed by atoms with E-state index in [-0.39, 0.29) is 0 Å². The molecule has 2 N–H and O–H groups in total. The summed E-state index contributed by atoms with van der Waals surface area (Å²) >= 11 is 0. The quantitative estimate of drug-likeness (QED) is 0.743. The Morgan fingerprint density at radius 1 is 1.43 bits per heavy atom. The summed E-state index contributed by atoms with van der Waals surface area (Å²) < 4.78 is 1.90. The van der Waals surface area contributed by atoms with Crippen LogP contribution in [-0.4, -0.2) is 34.3 Å². The van der Waals surface area contributed by atoms with E-state index in [1.54, 1.807) is 6.20 Å². The van der Waals surface area contributed by atoms with Crippen LogP contribution in [0.15, 0.2) is 12.4 Å². The number of hydrogen-bond acceptors (Lipinski definition) is 3. The summed E-state index contributed by atoms with van der Waals surface area (Å²) in [6.45, 7) is 8.62. The molecule has 0 fully saturated rings. The molecular weight excluding hydrogens is 176 g/mol. The third-order valence-corrected chi connectivity index (χ3v) is 2.29. The van der Waals surface area contributed by atoms with E-state index in [0.29, 0.717) is 0 Å². The number of anilines is 1. The summed E-state index contributed by atoms with van der Waals surface area (Å²) in [6, 6.07) is 0. The Hall–Kier alpha value is -1.03. The van der Waals surface area contributed by atoms with E-state index in [1.165, 1.54) is 6.42 Å². The fourth-order valence-corrected chi connectivity index (χ4v) is 1.49. The Morgan fingerprint density at radius 3 is 2.71 bits per heavy atom. The normalized spacial score (nSPS) is 11.1. The molecule has 0 unspecified atom stereocenters. The first-order chi connectivity index (χ1) is 6.76. The highest BCUT2D eigenvalue weighted by molar-refractivity contribution is 5.30. The maximum atomic E-state index is 5.58. The molecule has 0 atom stereocenters. The van der Waals surface area contributed by atoms with Crippen LogP contribution in [0.4, 0.5) is 5.69 Å². The molecule has 0 aliphatic heterocycles. The third kappa shape index (κ3) is 3.38. The van der Waals surface area contributed by atoms with Gasteiger partial charge in [0.2, 0.25) is 0 Å². The lowest BCUT2D eigenvalue weighted by Gasteiger charge is -2.18. The van der Waals surface area contributed by atoms with Gasteiger partial charge in [0, 0.05) is 12.7 Å². The molecule has 0 amide bonds. The SMILES string of the molecule is CCCN(CC)CCn1cc(N)cn1. The van der Waals surface area contributed by atoms with Crippen molar-refractivity contribution in [2.24, 2.45) is 0 Å². The molecule has 0 radical (unpaired) electrons. The molecular formula is C10H20N4. The third-order valence-electron chi connectivity index (χ3n) is 2.29. The zero-order valence-electron chi connectivity index (χ0n) is 9.11. The van der Waals surface area contributed by atoms with Crippen molar-refractivity contribution in [2.45, 2.75) is 26.8 Å².